The molecule has 4 heteroatoms. The van der Waals surface area contributed by atoms with Crippen molar-refractivity contribution in [2.75, 3.05) is 26.7 Å². The minimum atomic E-state index is -0.548. The summed E-state index contributed by atoms with van der Waals surface area (Å²) in [5, 5.41) is 18.7. The minimum absolute atomic E-state index is 0.201. The summed E-state index contributed by atoms with van der Waals surface area (Å²) in [5.41, 5.74) is 0.492. The Kier molecular flexibility index (Phi) is 6.20. The molecule has 1 unspecified atom stereocenters. The number of nitriles is 1. The number of para-hydroxylation sites is 1. The number of hydrogen-bond acceptors (Lipinski definition) is 4. The molecule has 0 saturated heterocycles. The van der Waals surface area contributed by atoms with E-state index in [1.54, 1.807) is 18.2 Å². The number of aliphatic hydroxyl groups excluding tert-OH is 1. The van der Waals surface area contributed by atoms with E-state index in [-0.39, 0.29) is 6.61 Å². The molecular formula is C14H20N2O2. The van der Waals surface area contributed by atoms with Gasteiger partial charge < -0.3 is 14.7 Å². The van der Waals surface area contributed by atoms with E-state index in [0.29, 0.717) is 17.9 Å². The Morgan fingerprint density at radius 2 is 2.17 bits per heavy atom. The molecule has 0 amide bonds. The van der Waals surface area contributed by atoms with Crippen molar-refractivity contribution in [2.24, 2.45) is 0 Å². The lowest BCUT2D eigenvalue weighted by molar-refractivity contribution is 0.0763. The molecular weight excluding hydrogens is 228 g/mol. The Balaban J connectivity index is 2.43. The van der Waals surface area contributed by atoms with Crippen LogP contribution in [0.3, 0.4) is 0 Å². The first kappa shape index (κ1) is 14.5. The lowest BCUT2D eigenvalue weighted by atomic mass is 10.2. The fourth-order valence-corrected chi connectivity index (χ4v) is 1.76. The van der Waals surface area contributed by atoms with Gasteiger partial charge in [0, 0.05) is 6.54 Å². The third-order valence-corrected chi connectivity index (χ3v) is 2.57. The van der Waals surface area contributed by atoms with Gasteiger partial charge in [0.2, 0.25) is 0 Å². The lowest BCUT2D eigenvalue weighted by Gasteiger charge is -2.20. The largest absolute Gasteiger partial charge is 0.489 e. The normalized spacial score (nSPS) is 12.2. The number of rotatable bonds is 7. The summed E-state index contributed by atoms with van der Waals surface area (Å²) in [4.78, 5) is 2.06. The second-order valence-corrected chi connectivity index (χ2v) is 4.34. The summed E-state index contributed by atoms with van der Waals surface area (Å²) in [6.07, 6.45) is 0.509. The fraction of sp³-hybridized carbons (Fsp3) is 0.500. The monoisotopic (exact) mass is 248 g/mol. The van der Waals surface area contributed by atoms with E-state index in [1.165, 1.54) is 0 Å². The van der Waals surface area contributed by atoms with Crippen LogP contribution in [0.15, 0.2) is 24.3 Å². The highest BCUT2D eigenvalue weighted by Crippen LogP contribution is 2.16. The molecule has 0 radical (unpaired) electrons. The Morgan fingerprint density at radius 3 is 2.83 bits per heavy atom. The van der Waals surface area contributed by atoms with Gasteiger partial charge in [-0.15, -0.1) is 0 Å². The predicted molar refractivity (Wildman–Crippen MR) is 70.4 cm³/mol. The second kappa shape index (κ2) is 7.70. The second-order valence-electron chi connectivity index (χ2n) is 4.34. The van der Waals surface area contributed by atoms with Gasteiger partial charge in [0.05, 0.1) is 5.56 Å². The molecule has 4 nitrogen and oxygen atoms in total. The summed E-state index contributed by atoms with van der Waals surface area (Å²) in [6, 6.07) is 9.10. The first-order chi connectivity index (χ1) is 8.67. The van der Waals surface area contributed by atoms with Crippen LogP contribution in [0.4, 0.5) is 0 Å². The molecule has 98 valence electrons. The molecule has 18 heavy (non-hydrogen) atoms. The van der Waals surface area contributed by atoms with Crippen LogP contribution in [0.2, 0.25) is 0 Å². The average Bonchev–Trinajstić information content (AvgIpc) is 2.37. The Bertz CT molecular complexity index is 401. The zero-order valence-electron chi connectivity index (χ0n) is 11.0. The van der Waals surface area contributed by atoms with Crippen molar-refractivity contribution in [3.8, 4) is 11.8 Å². The summed E-state index contributed by atoms with van der Waals surface area (Å²) in [6.45, 7) is 3.82. The molecule has 0 aliphatic carbocycles. The molecule has 1 aromatic rings. The Hall–Kier alpha value is -1.57. The number of ether oxygens (including phenoxy) is 1. The van der Waals surface area contributed by atoms with Crippen molar-refractivity contribution in [3.05, 3.63) is 29.8 Å². The molecule has 0 aliphatic heterocycles. The zero-order valence-corrected chi connectivity index (χ0v) is 11.0. The Morgan fingerprint density at radius 1 is 1.44 bits per heavy atom. The SMILES string of the molecule is CCCN(C)CC(O)COc1ccccc1C#N. The van der Waals surface area contributed by atoms with Crippen LogP contribution in [0, 0.1) is 11.3 Å². The summed E-state index contributed by atoms with van der Waals surface area (Å²) >= 11 is 0. The van der Waals surface area contributed by atoms with Gasteiger partial charge in [-0.25, -0.2) is 0 Å². The maximum absolute atomic E-state index is 9.82. The van der Waals surface area contributed by atoms with Crippen LogP contribution >= 0.6 is 0 Å². The Labute approximate surface area is 108 Å². The highest BCUT2D eigenvalue weighted by Gasteiger charge is 2.10. The highest BCUT2D eigenvalue weighted by atomic mass is 16.5. The summed E-state index contributed by atoms with van der Waals surface area (Å²) in [7, 11) is 1.97. The van der Waals surface area contributed by atoms with E-state index in [4.69, 9.17) is 10.00 Å². The van der Waals surface area contributed by atoms with Crippen LogP contribution in [0.25, 0.3) is 0 Å². The molecule has 0 spiro atoms. The average molecular weight is 248 g/mol. The molecule has 0 saturated carbocycles. The van der Waals surface area contributed by atoms with Crippen molar-refractivity contribution < 1.29 is 9.84 Å². The molecule has 0 bridgehead atoms. The molecule has 1 N–H and O–H groups in total. The van der Waals surface area contributed by atoms with Crippen molar-refractivity contribution in [2.45, 2.75) is 19.4 Å². The van der Waals surface area contributed by atoms with Gasteiger partial charge in [0.15, 0.2) is 0 Å². The molecule has 0 aromatic heterocycles. The number of likely N-dealkylation sites (N-methyl/N-ethyl adjacent to an activating group) is 1. The van der Waals surface area contributed by atoms with Crippen LogP contribution in [-0.4, -0.2) is 42.9 Å². The van der Waals surface area contributed by atoms with Gasteiger partial charge in [0.25, 0.3) is 0 Å². The predicted octanol–water partition coefficient (Wildman–Crippen LogP) is 1.64. The van der Waals surface area contributed by atoms with Crippen molar-refractivity contribution in [1.29, 1.82) is 5.26 Å². The molecule has 1 aromatic carbocycles. The van der Waals surface area contributed by atoms with Gasteiger partial charge in [-0.2, -0.15) is 5.26 Å². The van der Waals surface area contributed by atoms with E-state index in [9.17, 15) is 5.11 Å². The molecule has 0 aliphatic rings. The molecule has 1 rings (SSSR count). The quantitative estimate of drug-likeness (QED) is 0.797. The van der Waals surface area contributed by atoms with E-state index < -0.39 is 6.10 Å². The van der Waals surface area contributed by atoms with Crippen LogP contribution in [-0.2, 0) is 0 Å². The minimum Gasteiger partial charge on any atom is -0.489 e. The third-order valence-electron chi connectivity index (χ3n) is 2.57. The van der Waals surface area contributed by atoms with Crippen LogP contribution in [0.1, 0.15) is 18.9 Å². The van der Waals surface area contributed by atoms with E-state index in [1.807, 2.05) is 13.1 Å². The first-order valence-corrected chi connectivity index (χ1v) is 6.16. The molecule has 0 heterocycles. The van der Waals surface area contributed by atoms with E-state index in [2.05, 4.69) is 17.9 Å². The van der Waals surface area contributed by atoms with E-state index in [0.717, 1.165) is 13.0 Å². The smallest absolute Gasteiger partial charge is 0.137 e. The van der Waals surface area contributed by atoms with Crippen LogP contribution < -0.4 is 4.74 Å². The van der Waals surface area contributed by atoms with Crippen molar-refractivity contribution in [1.82, 2.24) is 4.90 Å². The number of hydrogen-bond donors (Lipinski definition) is 1. The zero-order chi connectivity index (χ0) is 13.4. The van der Waals surface area contributed by atoms with Gasteiger partial charge in [-0.1, -0.05) is 19.1 Å². The maximum Gasteiger partial charge on any atom is 0.137 e. The topological polar surface area (TPSA) is 56.5 Å². The highest BCUT2D eigenvalue weighted by molar-refractivity contribution is 5.42. The van der Waals surface area contributed by atoms with Gasteiger partial charge in [-0.05, 0) is 32.1 Å². The number of benzene rings is 1. The number of aliphatic hydroxyl groups is 1. The van der Waals surface area contributed by atoms with Crippen LogP contribution in [0.5, 0.6) is 5.75 Å². The number of nitrogens with zero attached hydrogens (tertiary/aromatic N) is 2. The van der Waals surface area contributed by atoms with Gasteiger partial charge >= 0.3 is 0 Å². The maximum atomic E-state index is 9.82. The summed E-state index contributed by atoms with van der Waals surface area (Å²) in [5.74, 6) is 0.525. The van der Waals surface area contributed by atoms with Gasteiger partial charge in [0.1, 0.15) is 24.5 Å². The summed E-state index contributed by atoms with van der Waals surface area (Å²) < 4.78 is 5.47. The third kappa shape index (κ3) is 4.74. The van der Waals surface area contributed by atoms with Crippen molar-refractivity contribution >= 4 is 0 Å². The standard InChI is InChI=1S/C14H20N2O2/c1-3-8-16(2)10-13(17)11-18-14-7-5-4-6-12(14)9-15/h4-7,13,17H,3,8,10-11H2,1-2H3. The molecule has 1 atom stereocenters. The lowest BCUT2D eigenvalue weighted by Crippen LogP contribution is -2.33. The van der Waals surface area contributed by atoms with Crippen molar-refractivity contribution in [3.63, 3.8) is 0 Å². The molecule has 0 fully saturated rings. The van der Waals surface area contributed by atoms with Gasteiger partial charge in [-0.3, -0.25) is 0 Å². The first-order valence-electron chi connectivity index (χ1n) is 6.16. The van der Waals surface area contributed by atoms with E-state index >= 15 is 0 Å². The fourth-order valence-electron chi connectivity index (χ4n) is 1.76.